The summed E-state index contributed by atoms with van der Waals surface area (Å²) in [7, 11) is 0. The average Bonchev–Trinajstić information content (AvgIpc) is 3.13. The number of benzene rings is 1. The molecule has 0 unspecified atom stereocenters. The van der Waals surface area contributed by atoms with Gasteiger partial charge in [-0.2, -0.15) is 11.3 Å². The van der Waals surface area contributed by atoms with Crippen molar-refractivity contribution in [2.45, 2.75) is 6.92 Å². The zero-order valence-electron chi connectivity index (χ0n) is 11.1. The van der Waals surface area contributed by atoms with Gasteiger partial charge in [-0.3, -0.25) is 4.79 Å². The molecule has 3 nitrogen and oxygen atoms in total. The Kier molecular flexibility index (Phi) is 4.05. The van der Waals surface area contributed by atoms with Gasteiger partial charge in [0.1, 0.15) is 10.7 Å². The molecule has 0 atom stereocenters. The van der Waals surface area contributed by atoms with Crippen LogP contribution in [0.15, 0.2) is 40.4 Å². The van der Waals surface area contributed by atoms with Crippen LogP contribution < -0.4 is 5.32 Å². The van der Waals surface area contributed by atoms with Gasteiger partial charge in [0.2, 0.25) is 0 Å². The molecule has 3 aromatic rings. The Hall–Kier alpha value is -1.69. The standard InChI is InChI=1S/C15H11ClN2OS2/c1-9-11(16)3-2-4-12(9)17-14(19)13-8-21-15(18-13)10-5-6-20-7-10/h2-8H,1H3,(H,17,19). The second kappa shape index (κ2) is 5.97. The summed E-state index contributed by atoms with van der Waals surface area (Å²) in [5.74, 6) is -0.224. The van der Waals surface area contributed by atoms with Crippen LogP contribution in [0, 0.1) is 6.92 Å². The number of carbonyl (C=O) groups excluding carboxylic acids is 1. The number of thiophene rings is 1. The quantitative estimate of drug-likeness (QED) is 0.725. The first kappa shape index (κ1) is 14.3. The molecule has 0 spiro atoms. The van der Waals surface area contributed by atoms with Gasteiger partial charge in [0.05, 0.1) is 0 Å². The van der Waals surface area contributed by atoms with Gasteiger partial charge in [0, 0.05) is 27.0 Å². The van der Waals surface area contributed by atoms with Crippen LogP contribution in [0.25, 0.3) is 10.6 Å². The zero-order chi connectivity index (χ0) is 14.8. The number of hydrogen-bond donors (Lipinski definition) is 1. The summed E-state index contributed by atoms with van der Waals surface area (Å²) < 4.78 is 0. The van der Waals surface area contributed by atoms with E-state index in [0.29, 0.717) is 16.4 Å². The van der Waals surface area contributed by atoms with Gasteiger partial charge in [0.15, 0.2) is 0 Å². The maximum absolute atomic E-state index is 12.3. The van der Waals surface area contributed by atoms with Gasteiger partial charge in [-0.25, -0.2) is 4.98 Å². The Labute approximate surface area is 135 Å². The van der Waals surface area contributed by atoms with Crippen molar-refractivity contribution in [3.8, 4) is 10.6 Å². The highest BCUT2D eigenvalue weighted by molar-refractivity contribution is 7.14. The first-order valence-corrected chi connectivity index (χ1v) is 8.40. The number of anilines is 1. The van der Waals surface area contributed by atoms with Crippen LogP contribution in [0.1, 0.15) is 16.1 Å². The van der Waals surface area contributed by atoms with E-state index in [-0.39, 0.29) is 5.91 Å². The molecule has 0 fully saturated rings. The Morgan fingerprint density at radius 3 is 2.90 bits per heavy atom. The summed E-state index contributed by atoms with van der Waals surface area (Å²) in [5, 5.41) is 10.1. The Morgan fingerprint density at radius 2 is 2.14 bits per heavy atom. The summed E-state index contributed by atoms with van der Waals surface area (Å²) in [5.41, 5.74) is 3.02. The van der Waals surface area contributed by atoms with Crippen LogP contribution in [0.4, 0.5) is 5.69 Å². The van der Waals surface area contributed by atoms with Crippen molar-refractivity contribution in [2.75, 3.05) is 5.32 Å². The predicted molar refractivity (Wildman–Crippen MR) is 89.6 cm³/mol. The fraction of sp³-hybridized carbons (Fsp3) is 0.0667. The third-order valence-electron chi connectivity index (χ3n) is 3.02. The summed E-state index contributed by atoms with van der Waals surface area (Å²) >= 11 is 9.12. The van der Waals surface area contributed by atoms with Crippen molar-refractivity contribution in [2.24, 2.45) is 0 Å². The average molecular weight is 335 g/mol. The summed E-state index contributed by atoms with van der Waals surface area (Å²) in [6.07, 6.45) is 0. The largest absolute Gasteiger partial charge is 0.320 e. The molecular formula is C15H11ClN2OS2. The van der Waals surface area contributed by atoms with E-state index in [0.717, 1.165) is 16.1 Å². The first-order valence-electron chi connectivity index (χ1n) is 6.19. The number of amides is 1. The number of rotatable bonds is 3. The van der Waals surface area contributed by atoms with Crippen molar-refractivity contribution in [3.05, 3.63) is 56.7 Å². The maximum Gasteiger partial charge on any atom is 0.275 e. The number of nitrogens with one attached hydrogen (secondary N) is 1. The van der Waals surface area contributed by atoms with E-state index in [9.17, 15) is 4.79 Å². The van der Waals surface area contributed by atoms with E-state index < -0.39 is 0 Å². The normalized spacial score (nSPS) is 10.6. The minimum Gasteiger partial charge on any atom is -0.320 e. The molecule has 2 aromatic heterocycles. The highest BCUT2D eigenvalue weighted by Crippen LogP contribution is 2.27. The number of halogens is 1. The number of carbonyl (C=O) groups is 1. The molecule has 0 bridgehead atoms. The molecule has 21 heavy (non-hydrogen) atoms. The highest BCUT2D eigenvalue weighted by Gasteiger charge is 2.13. The van der Waals surface area contributed by atoms with Crippen LogP contribution >= 0.6 is 34.3 Å². The molecule has 0 radical (unpaired) electrons. The van der Waals surface area contributed by atoms with Crippen LogP contribution in [0.5, 0.6) is 0 Å². The molecule has 0 aliphatic heterocycles. The molecule has 2 heterocycles. The highest BCUT2D eigenvalue weighted by atomic mass is 35.5. The topological polar surface area (TPSA) is 42.0 Å². The Balaban J connectivity index is 1.81. The molecule has 0 saturated heterocycles. The van der Waals surface area contributed by atoms with Crippen molar-refractivity contribution in [1.82, 2.24) is 4.98 Å². The van der Waals surface area contributed by atoms with E-state index >= 15 is 0 Å². The third kappa shape index (κ3) is 3.00. The van der Waals surface area contributed by atoms with Gasteiger partial charge in [0.25, 0.3) is 5.91 Å². The third-order valence-corrected chi connectivity index (χ3v) is 5.00. The monoisotopic (exact) mass is 334 g/mol. The molecule has 3 rings (SSSR count). The molecular weight excluding hydrogens is 324 g/mol. The van der Waals surface area contributed by atoms with E-state index in [1.165, 1.54) is 11.3 Å². The van der Waals surface area contributed by atoms with Crippen LogP contribution in [-0.4, -0.2) is 10.9 Å². The molecule has 1 N–H and O–H groups in total. The second-order valence-corrected chi connectivity index (χ2v) is 6.46. The fourth-order valence-corrected chi connectivity index (χ4v) is 3.51. The zero-order valence-corrected chi connectivity index (χ0v) is 13.5. The summed E-state index contributed by atoms with van der Waals surface area (Å²) in [6, 6.07) is 7.42. The number of thiazole rings is 1. The molecule has 0 aliphatic rings. The first-order chi connectivity index (χ1) is 10.1. The lowest BCUT2D eigenvalue weighted by Gasteiger charge is -2.07. The lowest BCUT2D eigenvalue weighted by molar-refractivity contribution is 0.102. The van der Waals surface area contributed by atoms with Gasteiger partial charge in [-0.1, -0.05) is 17.7 Å². The maximum atomic E-state index is 12.3. The molecule has 1 aromatic carbocycles. The van der Waals surface area contributed by atoms with Crippen molar-refractivity contribution in [1.29, 1.82) is 0 Å². The Morgan fingerprint density at radius 1 is 1.29 bits per heavy atom. The van der Waals surface area contributed by atoms with E-state index in [2.05, 4.69) is 10.3 Å². The summed E-state index contributed by atoms with van der Waals surface area (Å²) in [6.45, 7) is 1.87. The van der Waals surface area contributed by atoms with Crippen molar-refractivity contribution < 1.29 is 4.79 Å². The molecule has 6 heteroatoms. The Bertz CT molecular complexity index is 781. The van der Waals surface area contributed by atoms with Gasteiger partial charge < -0.3 is 5.32 Å². The number of nitrogens with zero attached hydrogens (tertiary/aromatic N) is 1. The lowest BCUT2D eigenvalue weighted by atomic mass is 10.2. The van der Waals surface area contributed by atoms with Crippen LogP contribution in [-0.2, 0) is 0 Å². The van der Waals surface area contributed by atoms with E-state index in [4.69, 9.17) is 11.6 Å². The van der Waals surface area contributed by atoms with Crippen molar-refractivity contribution in [3.63, 3.8) is 0 Å². The minimum absolute atomic E-state index is 0.224. The number of aromatic nitrogens is 1. The molecule has 1 amide bonds. The van der Waals surface area contributed by atoms with E-state index in [1.807, 2.05) is 35.9 Å². The van der Waals surface area contributed by atoms with Gasteiger partial charge in [-0.05, 0) is 36.1 Å². The molecule has 0 saturated carbocycles. The second-order valence-electron chi connectivity index (χ2n) is 4.42. The van der Waals surface area contributed by atoms with E-state index in [1.54, 1.807) is 22.8 Å². The number of hydrogen-bond acceptors (Lipinski definition) is 4. The molecule has 0 aliphatic carbocycles. The van der Waals surface area contributed by atoms with Crippen LogP contribution in [0.3, 0.4) is 0 Å². The SMILES string of the molecule is Cc1c(Cl)cccc1NC(=O)c1csc(-c2ccsc2)n1. The van der Waals surface area contributed by atoms with Gasteiger partial charge >= 0.3 is 0 Å². The fourth-order valence-electron chi connectivity index (χ4n) is 1.83. The minimum atomic E-state index is -0.224. The van der Waals surface area contributed by atoms with Crippen molar-refractivity contribution >= 4 is 45.9 Å². The van der Waals surface area contributed by atoms with Gasteiger partial charge in [-0.15, -0.1) is 11.3 Å². The summed E-state index contributed by atoms with van der Waals surface area (Å²) in [4.78, 5) is 16.6. The predicted octanol–water partition coefficient (Wildman–Crippen LogP) is 5.09. The lowest BCUT2D eigenvalue weighted by Crippen LogP contribution is -2.13. The molecule has 106 valence electrons. The van der Waals surface area contributed by atoms with Crippen LogP contribution in [0.2, 0.25) is 5.02 Å². The smallest absolute Gasteiger partial charge is 0.275 e.